The summed E-state index contributed by atoms with van der Waals surface area (Å²) in [5.41, 5.74) is 0.510. The number of piperidine rings is 1. The first kappa shape index (κ1) is 14.2. The highest BCUT2D eigenvalue weighted by Crippen LogP contribution is 2.12. The van der Waals surface area contributed by atoms with E-state index in [1.54, 1.807) is 29.2 Å². The van der Waals surface area contributed by atoms with E-state index in [1.165, 1.54) is 0 Å². The number of likely N-dealkylation sites (tertiary alicyclic amines) is 1. The van der Waals surface area contributed by atoms with Crippen LogP contribution in [-0.4, -0.2) is 45.0 Å². The SMILES string of the molecule is O=C(Nc1n[nH]c(C(=O)N2CCCCC2)n1)c1ccccc1. The largest absolute Gasteiger partial charge is 0.336 e. The zero-order chi connectivity index (χ0) is 15.4. The molecule has 2 aromatic rings. The fraction of sp³-hybridized carbons (Fsp3) is 0.333. The van der Waals surface area contributed by atoms with Crippen LogP contribution < -0.4 is 5.32 Å². The van der Waals surface area contributed by atoms with Crippen molar-refractivity contribution in [2.24, 2.45) is 0 Å². The van der Waals surface area contributed by atoms with Crippen molar-refractivity contribution in [1.29, 1.82) is 0 Å². The van der Waals surface area contributed by atoms with Crippen molar-refractivity contribution in [3.8, 4) is 0 Å². The molecule has 0 atom stereocenters. The summed E-state index contributed by atoms with van der Waals surface area (Å²) >= 11 is 0. The number of amides is 2. The topological polar surface area (TPSA) is 91.0 Å². The molecule has 1 aliphatic heterocycles. The first-order chi connectivity index (χ1) is 10.7. The molecule has 2 amide bonds. The van der Waals surface area contributed by atoms with Gasteiger partial charge in [-0.3, -0.25) is 20.0 Å². The van der Waals surface area contributed by atoms with E-state index in [1.807, 2.05) is 6.07 Å². The van der Waals surface area contributed by atoms with Crippen molar-refractivity contribution in [3.63, 3.8) is 0 Å². The Hall–Kier alpha value is -2.70. The van der Waals surface area contributed by atoms with E-state index in [2.05, 4.69) is 20.5 Å². The summed E-state index contributed by atoms with van der Waals surface area (Å²) in [6.07, 6.45) is 3.17. The van der Waals surface area contributed by atoms with Crippen molar-refractivity contribution < 1.29 is 9.59 Å². The van der Waals surface area contributed by atoms with Gasteiger partial charge in [-0.25, -0.2) is 0 Å². The number of hydrogen-bond acceptors (Lipinski definition) is 4. The number of benzene rings is 1. The fourth-order valence-electron chi connectivity index (χ4n) is 2.42. The molecule has 1 fully saturated rings. The minimum Gasteiger partial charge on any atom is -0.336 e. The van der Waals surface area contributed by atoms with E-state index in [0.717, 1.165) is 32.4 Å². The monoisotopic (exact) mass is 299 g/mol. The second-order valence-electron chi connectivity index (χ2n) is 5.18. The predicted octanol–water partition coefficient (Wildman–Crippen LogP) is 1.68. The maximum absolute atomic E-state index is 12.2. The van der Waals surface area contributed by atoms with Crippen LogP contribution in [0.2, 0.25) is 0 Å². The number of anilines is 1. The number of nitrogens with zero attached hydrogens (tertiary/aromatic N) is 3. The average Bonchev–Trinajstić information content (AvgIpc) is 3.04. The molecule has 1 aliphatic rings. The second-order valence-corrected chi connectivity index (χ2v) is 5.18. The summed E-state index contributed by atoms with van der Waals surface area (Å²) in [5, 5.41) is 9.05. The molecular formula is C15H17N5O2. The molecule has 1 saturated heterocycles. The van der Waals surface area contributed by atoms with E-state index in [0.29, 0.717) is 5.56 Å². The van der Waals surface area contributed by atoms with Crippen LogP contribution >= 0.6 is 0 Å². The average molecular weight is 299 g/mol. The van der Waals surface area contributed by atoms with Crippen LogP contribution in [0, 0.1) is 0 Å². The molecule has 2 heterocycles. The van der Waals surface area contributed by atoms with Gasteiger partial charge >= 0.3 is 0 Å². The van der Waals surface area contributed by atoms with Crippen LogP contribution in [0.3, 0.4) is 0 Å². The minimum atomic E-state index is -0.309. The smallest absolute Gasteiger partial charge is 0.291 e. The molecule has 0 spiro atoms. The molecule has 2 N–H and O–H groups in total. The molecular weight excluding hydrogens is 282 g/mol. The fourth-order valence-corrected chi connectivity index (χ4v) is 2.42. The van der Waals surface area contributed by atoms with E-state index in [4.69, 9.17) is 0 Å². The van der Waals surface area contributed by atoms with Gasteiger partial charge in [0.1, 0.15) is 0 Å². The number of hydrogen-bond donors (Lipinski definition) is 2. The molecule has 0 unspecified atom stereocenters. The minimum absolute atomic E-state index is 0.106. The van der Waals surface area contributed by atoms with Gasteiger partial charge in [0.25, 0.3) is 11.8 Å². The molecule has 114 valence electrons. The van der Waals surface area contributed by atoms with Crippen molar-refractivity contribution in [1.82, 2.24) is 20.1 Å². The number of aromatic nitrogens is 3. The lowest BCUT2D eigenvalue weighted by Gasteiger charge is -2.25. The lowest BCUT2D eigenvalue weighted by Crippen LogP contribution is -2.36. The highest BCUT2D eigenvalue weighted by atomic mass is 16.2. The summed E-state index contributed by atoms with van der Waals surface area (Å²) in [4.78, 5) is 30.1. The van der Waals surface area contributed by atoms with E-state index in [9.17, 15) is 9.59 Å². The van der Waals surface area contributed by atoms with Gasteiger partial charge in [-0.05, 0) is 31.4 Å². The van der Waals surface area contributed by atoms with Gasteiger partial charge in [-0.2, -0.15) is 4.98 Å². The van der Waals surface area contributed by atoms with Crippen molar-refractivity contribution >= 4 is 17.8 Å². The van der Waals surface area contributed by atoms with Gasteiger partial charge in [0.15, 0.2) is 0 Å². The van der Waals surface area contributed by atoms with Gasteiger partial charge in [0.2, 0.25) is 11.8 Å². The van der Waals surface area contributed by atoms with Crippen LogP contribution in [0.1, 0.15) is 40.2 Å². The first-order valence-electron chi connectivity index (χ1n) is 7.32. The molecule has 1 aromatic heterocycles. The number of H-pyrrole nitrogens is 1. The molecule has 1 aromatic carbocycles. The van der Waals surface area contributed by atoms with Crippen molar-refractivity contribution in [3.05, 3.63) is 41.7 Å². The summed E-state index contributed by atoms with van der Waals surface area (Å²) < 4.78 is 0. The Bertz CT molecular complexity index is 662. The van der Waals surface area contributed by atoms with E-state index < -0.39 is 0 Å². The van der Waals surface area contributed by atoms with Crippen LogP contribution in [0.4, 0.5) is 5.95 Å². The van der Waals surface area contributed by atoms with Gasteiger partial charge in [-0.1, -0.05) is 18.2 Å². The first-order valence-corrected chi connectivity index (χ1v) is 7.32. The highest BCUT2D eigenvalue weighted by Gasteiger charge is 2.21. The quantitative estimate of drug-likeness (QED) is 0.902. The summed E-state index contributed by atoms with van der Waals surface area (Å²) in [6.45, 7) is 1.48. The Balaban J connectivity index is 1.66. The number of carbonyl (C=O) groups is 2. The predicted molar refractivity (Wildman–Crippen MR) is 80.5 cm³/mol. The second kappa shape index (κ2) is 6.38. The van der Waals surface area contributed by atoms with Gasteiger partial charge in [0, 0.05) is 18.7 Å². The van der Waals surface area contributed by atoms with Gasteiger partial charge in [0.05, 0.1) is 0 Å². The molecule has 7 nitrogen and oxygen atoms in total. The Kier molecular flexibility index (Phi) is 4.13. The lowest BCUT2D eigenvalue weighted by molar-refractivity contribution is 0.0712. The zero-order valence-corrected chi connectivity index (χ0v) is 12.1. The normalized spacial score (nSPS) is 14.6. The summed E-state index contributed by atoms with van der Waals surface area (Å²) in [5.74, 6) is -0.219. The maximum Gasteiger partial charge on any atom is 0.291 e. The summed E-state index contributed by atoms with van der Waals surface area (Å²) in [6, 6.07) is 8.78. The van der Waals surface area contributed by atoms with Gasteiger partial charge < -0.3 is 4.90 Å². The maximum atomic E-state index is 12.2. The standard InChI is InChI=1S/C15H17N5O2/c21-13(11-7-3-1-4-8-11)17-15-16-12(18-19-15)14(22)20-9-5-2-6-10-20/h1,3-4,7-8H,2,5-6,9-10H2,(H2,16,17,18,19,21). The molecule has 0 saturated carbocycles. The van der Waals surface area contributed by atoms with Crippen LogP contribution in [0.15, 0.2) is 30.3 Å². The Morgan fingerprint density at radius 1 is 1.09 bits per heavy atom. The summed E-state index contributed by atoms with van der Waals surface area (Å²) in [7, 11) is 0. The Morgan fingerprint density at radius 3 is 2.55 bits per heavy atom. The Morgan fingerprint density at radius 2 is 1.82 bits per heavy atom. The van der Waals surface area contributed by atoms with Crippen LogP contribution in [0.25, 0.3) is 0 Å². The molecule has 22 heavy (non-hydrogen) atoms. The molecule has 0 aliphatic carbocycles. The van der Waals surface area contributed by atoms with Crippen LogP contribution in [-0.2, 0) is 0 Å². The number of carbonyl (C=O) groups excluding carboxylic acids is 2. The molecule has 0 radical (unpaired) electrons. The lowest BCUT2D eigenvalue weighted by atomic mass is 10.1. The third-order valence-corrected chi connectivity index (χ3v) is 3.59. The van der Waals surface area contributed by atoms with Crippen LogP contribution in [0.5, 0.6) is 0 Å². The number of rotatable bonds is 3. The van der Waals surface area contributed by atoms with Crippen molar-refractivity contribution in [2.45, 2.75) is 19.3 Å². The van der Waals surface area contributed by atoms with E-state index >= 15 is 0 Å². The third kappa shape index (κ3) is 3.13. The molecule has 3 rings (SSSR count). The number of nitrogens with one attached hydrogen (secondary N) is 2. The molecule has 7 heteroatoms. The zero-order valence-electron chi connectivity index (χ0n) is 12.1. The highest BCUT2D eigenvalue weighted by molar-refractivity contribution is 6.03. The Labute approximate surface area is 127 Å². The van der Waals surface area contributed by atoms with Gasteiger partial charge in [-0.15, -0.1) is 5.10 Å². The number of aromatic amines is 1. The van der Waals surface area contributed by atoms with Crippen molar-refractivity contribution in [2.75, 3.05) is 18.4 Å². The van der Waals surface area contributed by atoms with E-state index in [-0.39, 0.29) is 23.6 Å². The molecule has 0 bridgehead atoms. The third-order valence-electron chi connectivity index (χ3n) is 3.59.